The maximum absolute atomic E-state index is 13.4. The Morgan fingerprint density at radius 2 is 1.90 bits per heavy atom. The Bertz CT molecular complexity index is 739. The molecule has 6 heteroatoms. The fourth-order valence-corrected chi connectivity index (χ4v) is 5.27. The summed E-state index contributed by atoms with van der Waals surface area (Å²) in [4.78, 5) is 34.7. The molecule has 0 N–H and O–H groups in total. The van der Waals surface area contributed by atoms with Crippen molar-refractivity contribution in [2.75, 3.05) is 18.0 Å². The van der Waals surface area contributed by atoms with E-state index in [4.69, 9.17) is 0 Å². The number of carbonyl (C=O) groups excluding carboxylic acids is 1. The first-order valence-electron chi connectivity index (χ1n) is 12.1. The minimum absolute atomic E-state index is 0.0533. The molecule has 0 bridgehead atoms. The molecule has 1 aliphatic carbocycles. The van der Waals surface area contributed by atoms with Crippen LogP contribution in [0.1, 0.15) is 84.5 Å². The van der Waals surface area contributed by atoms with Gasteiger partial charge in [-0.15, -0.1) is 0 Å². The normalized spacial score (nSPS) is 24.6. The van der Waals surface area contributed by atoms with Crippen LogP contribution in [-0.4, -0.2) is 45.5 Å². The molecule has 1 aliphatic heterocycles. The highest BCUT2D eigenvalue weighted by Crippen LogP contribution is 2.33. The first-order chi connectivity index (χ1) is 14.5. The summed E-state index contributed by atoms with van der Waals surface area (Å²) in [5, 5.41) is 0. The van der Waals surface area contributed by atoms with Crippen molar-refractivity contribution >= 4 is 11.7 Å². The van der Waals surface area contributed by atoms with E-state index in [1.54, 1.807) is 24.0 Å². The summed E-state index contributed by atoms with van der Waals surface area (Å²) in [7, 11) is 1.77. The van der Waals surface area contributed by atoms with Crippen molar-refractivity contribution in [2.45, 2.75) is 96.6 Å². The minimum atomic E-state index is -0.0533. The van der Waals surface area contributed by atoms with Gasteiger partial charge in [0, 0.05) is 51.0 Å². The van der Waals surface area contributed by atoms with Crippen molar-refractivity contribution < 1.29 is 4.79 Å². The molecule has 2 aliphatic rings. The second kappa shape index (κ2) is 11.0. The van der Waals surface area contributed by atoms with Gasteiger partial charge in [0.15, 0.2) is 5.82 Å². The van der Waals surface area contributed by atoms with Gasteiger partial charge in [0.05, 0.1) is 0 Å². The molecule has 1 aromatic rings. The number of piperidine rings is 1. The van der Waals surface area contributed by atoms with E-state index >= 15 is 0 Å². The third-order valence-electron chi connectivity index (χ3n) is 7.16. The monoisotopic (exact) mass is 416 g/mol. The second-order valence-electron chi connectivity index (χ2n) is 9.25. The van der Waals surface area contributed by atoms with E-state index in [1.165, 1.54) is 19.3 Å². The number of amides is 1. The van der Waals surface area contributed by atoms with E-state index in [9.17, 15) is 9.59 Å². The molecule has 1 amide bonds. The van der Waals surface area contributed by atoms with Crippen LogP contribution in [0.4, 0.5) is 5.82 Å². The van der Waals surface area contributed by atoms with Crippen LogP contribution in [0, 0.1) is 5.92 Å². The van der Waals surface area contributed by atoms with E-state index in [0.717, 1.165) is 64.0 Å². The molecule has 0 radical (unpaired) electrons. The van der Waals surface area contributed by atoms with Crippen molar-refractivity contribution in [1.82, 2.24) is 14.5 Å². The first kappa shape index (κ1) is 22.8. The molecule has 168 valence electrons. The van der Waals surface area contributed by atoms with Gasteiger partial charge in [0.2, 0.25) is 5.91 Å². The predicted molar refractivity (Wildman–Crippen MR) is 122 cm³/mol. The van der Waals surface area contributed by atoms with E-state index < -0.39 is 0 Å². The summed E-state index contributed by atoms with van der Waals surface area (Å²) < 4.78 is 1.59. The molecular weight excluding hydrogens is 376 g/mol. The third kappa shape index (κ3) is 5.44. The van der Waals surface area contributed by atoms with Gasteiger partial charge in [-0.25, -0.2) is 4.98 Å². The smallest absolute Gasteiger partial charge is 0.293 e. The molecule has 2 fully saturated rings. The number of hydrogen-bond donors (Lipinski definition) is 0. The van der Waals surface area contributed by atoms with Gasteiger partial charge in [-0.1, -0.05) is 33.1 Å². The molecule has 3 rings (SSSR count). The second-order valence-corrected chi connectivity index (χ2v) is 9.25. The number of unbranched alkanes of at least 4 members (excludes halogenated alkanes) is 2. The average Bonchev–Trinajstić information content (AvgIpc) is 2.77. The number of nitrogens with zero attached hydrogens (tertiary/aromatic N) is 4. The van der Waals surface area contributed by atoms with Gasteiger partial charge in [-0.2, -0.15) is 0 Å². The molecule has 0 aromatic carbocycles. The largest absolute Gasteiger partial charge is 0.350 e. The third-order valence-corrected chi connectivity index (χ3v) is 7.16. The van der Waals surface area contributed by atoms with Crippen LogP contribution in [0.3, 0.4) is 0 Å². The van der Waals surface area contributed by atoms with Crippen molar-refractivity contribution in [1.29, 1.82) is 0 Å². The molecule has 1 saturated carbocycles. The fraction of sp³-hybridized carbons (Fsp3) is 0.792. The molecule has 2 heterocycles. The standard InChI is InChI=1S/C24H40N4O2/c1-4-6-7-10-22(29)28(20-13-11-19(5-2)12-14-20)21-9-8-16-27(18-21)23-24(30)26(3)17-15-25-23/h15,17,19-21H,4-14,16,18H2,1-3H3. The SMILES string of the molecule is CCCCCC(=O)N(C1CCC(CC)CC1)C1CCCN(c2nccn(C)c2=O)C1. The van der Waals surface area contributed by atoms with E-state index in [-0.39, 0.29) is 11.6 Å². The van der Waals surface area contributed by atoms with Gasteiger partial charge in [0.25, 0.3) is 5.56 Å². The van der Waals surface area contributed by atoms with Crippen LogP contribution in [0.2, 0.25) is 0 Å². The van der Waals surface area contributed by atoms with Crippen LogP contribution in [0.25, 0.3) is 0 Å². The molecule has 1 saturated heterocycles. The van der Waals surface area contributed by atoms with E-state index in [2.05, 4.69) is 28.6 Å². The van der Waals surface area contributed by atoms with Crippen LogP contribution >= 0.6 is 0 Å². The lowest BCUT2D eigenvalue weighted by molar-refractivity contribution is -0.137. The Balaban J connectivity index is 1.76. The summed E-state index contributed by atoms with van der Waals surface area (Å²) in [5.41, 5.74) is -0.0533. The number of anilines is 1. The van der Waals surface area contributed by atoms with Gasteiger partial charge in [-0.3, -0.25) is 9.59 Å². The van der Waals surface area contributed by atoms with E-state index in [0.29, 0.717) is 24.2 Å². The maximum atomic E-state index is 13.4. The summed E-state index contributed by atoms with van der Waals surface area (Å²) in [5.74, 6) is 1.67. The quantitative estimate of drug-likeness (QED) is 0.598. The molecule has 0 spiro atoms. The lowest BCUT2D eigenvalue weighted by atomic mass is 9.83. The van der Waals surface area contributed by atoms with Crippen molar-refractivity contribution in [3.8, 4) is 0 Å². The van der Waals surface area contributed by atoms with Crippen molar-refractivity contribution in [3.63, 3.8) is 0 Å². The molecule has 30 heavy (non-hydrogen) atoms. The highest BCUT2D eigenvalue weighted by molar-refractivity contribution is 5.77. The molecular formula is C24H40N4O2. The topological polar surface area (TPSA) is 58.4 Å². The molecule has 1 aromatic heterocycles. The van der Waals surface area contributed by atoms with Crippen LogP contribution < -0.4 is 10.5 Å². The summed E-state index contributed by atoms with van der Waals surface area (Å²) in [6.07, 6.45) is 15.3. The van der Waals surface area contributed by atoms with Crippen LogP contribution in [0.5, 0.6) is 0 Å². The zero-order valence-corrected chi connectivity index (χ0v) is 19.2. The summed E-state index contributed by atoms with van der Waals surface area (Å²) in [6, 6.07) is 0.543. The molecule has 1 unspecified atom stereocenters. The number of carbonyl (C=O) groups is 1. The average molecular weight is 417 g/mol. The lowest BCUT2D eigenvalue weighted by Crippen LogP contribution is -2.55. The predicted octanol–water partition coefficient (Wildman–Crippen LogP) is 4.13. The lowest BCUT2D eigenvalue weighted by Gasteiger charge is -2.45. The highest BCUT2D eigenvalue weighted by atomic mass is 16.2. The molecule has 6 nitrogen and oxygen atoms in total. The Labute approximate surface area is 181 Å². The van der Waals surface area contributed by atoms with Crippen molar-refractivity contribution in [2.24, 2.45) is 13.0 Å². The first-order valence-corrected chi connectivity index (χ1v) is 12.1. The number of aromatic nitrogens is 2. The zero-order valence-electron chi connectivity index (χ0n) is 19.2. The fourth-order valence-electron chi connectivity index (χ4n) is 5.27. The van der Waals surface area contributed by atoms with Crippen LogP contribution in [0.15, 0.2) is 17.2 Å². The summed E-state index contributed by atoms with van der Waals surface area (Å²) >= 11 is 0. The van der Waals surface area contributed by atoms with E-state index in [1.807, 2.05) is 0 Å². The Kier molecular flexibility index (Phi) is 8.34. The molecule has 1 atom stereocenters. The minimum Gasteiger partial charge on any atom is -0.350 e. The Hall–Kier alpha value is -1.85. The van der Waals surface area contributed by atoms with Gasteiger partial charge in [0.1, 0.15) is 0 Å². The number of aryl methyl sites for hydroxylation is 1. The number of rotatable bonds is 8. The van der Waals surface area contributed by atoms with Crippen molar-refractivity contribution in [3.05, 3.63) is 22.7 Å². The van der Waals surface area contributed by atoms with Gasteiger partial charge < -0.3 is 14.4 Å². The van der Waals surface area contributed by atoms with Crippen LogP contribution in [-0.2, 0) is 11.8 Å². The maximum Gasteiger partial charge on any atom is 0.293 e. The highest BCUT2D eigenvalue weighted by Gasteiger charge is 2.35. The Morgan fingerprint density at radius 3 is 2.60 bits per heavy atom. The summed E-state index contributed by atoms with van der Waals surface area (Å²) in [6.45, 7) is 6.02. The zero-order chi connectivity index (χ0) is 21.5. The van der Waals surface area contributed by atoms with Gasteiger partial charge >= 0.3 is 0 Å². The Morgan fingerprint density at radius 1 is 1.13 bits per heavy atom. The van der Waals surface area contributed by atoms with Gasteiger partial charge in [-0.05, 0) is 50.9 Å². The number of hydrogen-bond acceptors (Lipinski definition) is 4.